The van der Waals surface area contributed by atoms with Crippen LogP contribution in [0, 0.1) is 0 Å². The zero-order chi connectivity index (χ0) is 20.1. The lowest BCUT2D eigenvalue weighted by molar-refractivity contribution is 0.102. The summed E-state index contributed by atoms with van der Waals surface area (Å²) in [5, 5.41) is 5.26. The van der Waals surface area contributed by atoms with Crippen LogP contribution in [-0.2, 0) is 6.42 Å². The summed E-state index contributed by atoms with van der Waals surface area (Å²) >= 11 is 1.37. The van der Waals surface area contributed by atoms with Gasteiger partial charge in [-0.15, -0.1) is 11.3 Å². The van der Waals surface area contributed by atoms with Gasteiger partial charge in [-0.1, -0.05) is 31.2 Å². The number of thiazole rings is 1. The number of carbonyl (C=O) groups is 1. The van der Waals surface area contributed by atoms with E-state index in [4.69, 9.17) is 14.2 Å². The molecule has 0 spiro atoms. The fraction of sp³-hybridized carbons (Fsp3) is 0.238. The number of hydrogen-bond acceptors (Lipinski definition) is 6. The summed E-state index contributed by atoms with van der Waals surface area (Å²) in [5.41, 5.74) is 3.44. The quantitative estimate of drug-likeness (QED) is 0.627. The summed E-state index contributed by atoms with van der Waals surface area (Å²) in [6, 6.07) is 11.5. The predicted molar refractivity (Wildman–Crippen MR) is 111 cm³/mol. The van der Waals surface area contributed by atoms with Crippen molar-refractivity contribution in [1.29, 1.82) is 0 Å². The Morgan fingerprint density at radius 2 is 1.64 bits per heavy atom. The Labute approximate surface area is 168 Å². The molecule has 0 aliphatic heterocycles. The van der Waals surface area contributed by atoms with Crippen molar-refractivity contribution in [2.24, 2.45) is 0 Å². The molecule has 0 fully saturated rings. The second kappa shape index (κ2) is 8.75. The number of amides is 1. The van der Waals surface area contributed by atoms with Gasteiger partial charge in [-0.2, -0.15) is 0 Å². The zero-order valence-electron chi connectivity index (χ0n) is 16.2. The van der Waals surface area contributed by atoms with E-state index >= 15 is 0 Å². The smallest absolute Gasteiger partial charge is 0.261 e. The van der Waals surface area contributed by atoms with E-state index in [1.54, 1.807) is 12.1 Å². The molecular weight excluding hydrogens is 376 g/mol. The van der Waals surface area contributed by atoms with Crippen LogP contribution in [-0.4, -0.2) is 32.2 Å². The lowest BCUT2D eigenvalue weighted by Gasteiger charge is -2.13. The Bertz CT molecular complexity index is 967. The van der Waals surface area contributed by atoms with Crippen LogP contribution in [0.15, 0.2) is 41.8 Å². The van der Waals surface area contributed by atoms with Crippen LogP contribution in [0.5, 0.6) is 17.2 Å². The number of anilines is 1. The Kier molecular flexibility index (Phi) is 6.16. The summed E-state index contributed by atoms with van der Waals surface area (Å²) < 4.78 is 15.9. The zero-order valence-corrected chi connectivity index (χ0v) is 17.1. The van der Waals surface area contributed by atoms with Gasteiger partial charge in [0, 0.05) is 23.1 Å². The number of aryl methyl sites for hydroxylation is 1. The molecule has 0 unspecified atom stereocenters. The van der Waals surface area contributed by atoms with Crippen LogP contribution in [0.2, 0.25) is 0 Å². The van der Waals surface area contributed by atoms with Crippen molar-refractivity contribution in [2.75, 3.05) is 26.6 Å². The Balaban J connectivity index is 1.82. The van der Waals surface area contributed by atoms with Crippen LogP contribution < -0.4 is 19.5 Å². The predicted octanol–water partition coefficient (Wildman–Crippen LogP) is 4.65. The monoisotopic (exact) mass is 398 g/mol. The lowest BCUT2D eigenvalue weighted by atomic mass is 10.1. The first-order valence-corrected chi connectivity index (χ1v) is 9.63. The summed E-state index contributed by atoms with van der Waals surface area (Å²) in [6.07, 6.45) is 0.992. The van der Waals surface area contributed by atoms with E-state index in [9.17, 15) is 4.79 Å². The average Bonchev–Trinajstić information content (AvgIpc) is 3.21. The molecule has 1 aromatic heterocycles. The van der Waals surface area contributed by atoms with Crippen molar-refractivity contribution in [3.05, 3.63) is 52.9 Å². The van der Waals surface area contributed by atoms with Gasteiger partial charge in [-0.05, 0) is 12.0 Å². The Hall–Kier alpha value is -3.06. The summed E-state index contributed by atoms with van der Waals surface area (Å²) in [5.74, 6) is 0.995. The minimum atomic E-state index is -0.333. The molecule has 1 amide bonds. The maximum Gasteiger partial charge on any atom is 0.261 e. The van der Waals surface area contributed by atoms with Crippen molar-refractivity contribution >= 4 is 22.4 Å². The molecule has 3 aromatic rings. The molecule has 0 aliphatic rings. The fourth-order valence-corrected chi connectivity index (χ4v) is 3.46. The first-order chi connectivity index (χ1) is 13.6. The second-order valence-electron chi connectivity index (χ2n) is 5.95. The highest BCUT2D eigenvalue weighted by Crippen LogP contribution is 2.35. The van der Waals surface area contributed by atoms with Gasteiger partial charge in [0.1, 0.15) is 5.75 Å². The highest BCUT2D eigenvalue weighted by molar-refractivity contribution is 7.14. The van der Waals surface area contributed by atoms with E-state index < -0.39 is 0 Å². The van der Waals surface area contributed by atoms with Gasteiger partial charge in [0.2, 0.25) is 0 Å². The van der Waals surface area contributed by atoms with E-state index in [2.05, 4.69) is 29.4 Å². The van der Waals surface area contributed by atoms with Gasteiger partial charge in [0.15, 0.2) is 16.6 Å². The number of carbonyl (C=O) groups excluding carboxylic acids is 1. The number of nitrogens with zero attached hydrogens (tertiary/aromatic N) is 1. The van der Waals surface area contributed by atoms with Crippen LogP contribution in [0.4, 0.5) is 5.13 Å². The number of nitrogens with one attached hydrogen (secondary N) is 1. The summed E-state index contributed by atoms with van der Waals surface area (Å²) in [4.78, 5) is 17.3. The molecule has 2 aromatic carbocycles. The molecule has 0 saturated heterocycles. The first kappa shape index (κ1) is 19.7. The van der Waals surface area contributed by atoms with Crippen molar-refractivity contribution in [1.82, 2.24) is 4.98 Å². The highest BCUT2D eigenvalue weighted by atomic mass is 32.1. The largest absolute Gasteiger partial charge is 0.496 e. The number of aromatic nitrogens is 1. The van der Waals surface area contributed by atoms with Gasteiger partial charge in [0.05, 0.1) is 32.6 Å². The van der Waals surface area contributed by atoms with Crippen molar-refractivity contribution < 1.29 is 19.0 Å². The minimum Gasteiger partial charge on any atom is -0.496 e. The van der Waals surface area contributed by atoms with Crippen LogP contribution in [0.3, 0.4) is 0 Å². The first-order valence-electron chi connectivity index (χ1n) is 8.75. The molecule has 6 nitrogen and oxygen atoms in total. The Morgan fingerprint density at radius 1 is 1.00 bits per heavy atom. The topological polar surface area (TPSA) is 69.7 Å². The van der Waals surface area contributed by atoms with E-state index in [1.807, 2.05) is 17.5 Å². The number of hydrogen-bond donors (Lipinski definition) is 1. The van der Waals surface area contributed by atoms with Gasteiger partial charge in [-0.3, -0.25) is 10.1 Å². The molecule has 3 rings (SSSR count). The molecule has 0 aliphatic carbocycles. The number of ether oxygens (including phenoxy) is 3. The third kappa shape index (κ3) is 4.09. The molecule has 0 radical (unpaired) electrons. The van der Waals surface area contributed by atoms with Crippen molar-refractivity contribution in [3.63, 3.8) is 0 Å². The maximum atomic E-state index is 12.8. The van der Waals surface area contributed by atoms with Crippen LogP contribution in [0.25, 0.3) is 11.3 Å². The van der Waals surface area contributed by atoms with Crippen molar-refractivity contribution in [2.45, 2.75) is 13.3 Å². The van der Waals surface area contributed by atoms with Gasteiger partial charge in [0.25, 0.3) is 5.91 Å². The fourth-order valence-electron chi connectivity index (χ4n) is 2.75. The Morgan fingerprint density at radius 3 is 2.25 bits per heavy atom. The molecular formula is C21H22N2O4S. The standard InChI is InChI=1S/C21H22N2O4S/c1-5-13-6-8-14(9-7-13)16-12-28-21(22-16)23-20(24)15-10-18(26-3)19(27-4)11-17(15)25-2/h6-12H,5H2,1-4H3,(H,22,23,24). The minimum absolute atomic E-state index is 0.333. The molecule has 0 bridgehead atoms. The molecule has 28 heavy (non-hydrogen) atoms. The van der Waals surface area contributed by atoms with Crippen molar-refractivity contribution in [3.8, 4) is 28.5 Å². The average molecular weight is 398 g/mol. The third-order valence-electron chi connectivity index (χ3n) is 4.33. The molecule has 0 saturated carbocycles. The van der Waals surface area contributed by atoms with E-state index in [0.717, 1.165) is 17.7 Å². The van der Waals surface area contributed by atoms with E-state index in [0.29, 0.717) is 27.9 Å². The second-order valence-corrected chi connectivity index (χ2v) is 6.81. The molecule has 1 N–H and O–H groups in total. The molecule has 146 valence electrons. The van der Waals surface area contributed by atoms with E-state index in [1.165, 1.54) is 38.2 Å². The normalized spacial score (nSPS) is 10.4. The number of benzene rings is 2. The van der Waals surface area contributed by atoms with Gasteiger partial charge < -0.3 is 14.2 Å². The van der Waals surface area contributed by atoms with Crippen LogP contribution >= 0.6 is 11.3 Å². The highest BCUT2D eigenvalue weighted by Gasteiger charge is 2.19. The summed E-state index contributed by atoms with van der Waals surface area (Å²) in [7, 11) is 4.55. The van der Waals surface area contributed by atoms with E-state index in [-0.39, 0.29) is 5.91 Å². The van der Waals surface area contributed by atoms with Crippen LogP contribution in [0.1, 0.15) is 22.8 Å². The lowest BCUT2D eigenvalue weighted by Crippen LogP contribution is -2.13. The molecule has 7 heteroatoms. The molecule has 1 heterocycles. The molecule has 0 atom stereocenters. The number of methoxy groups -OCH3 is 3. The van der Waals surface area contributed by atoms with Gasteiger partial charge in [-0.25, -0.2) is 4.98 Å². The third-order valence-corrected chi connectivity index (χ3v) is 5.09. The SMILES string of the molecule is CCc1ccc(-c2csc(NC(=O)c3cc(OC)c(OC)cc3OC)n2)cc1. The maximum absolute atomic E-state index is 12.8. The number of rotatable bonds is 7. The van der Waals surface area contributed by atoms with Gasteiger partial charge >= 0.3 is 0 Å². The summed E-state index contributed by atoms with van der Waals surface area (Å²) in [6.45, 7) is 2.12.